The summed E-state index contributed by atoms with van der Waals surface area (Å²) in [7, 11) is 0. The third-order valence-electron chi connectivity index (χ3n) is 3.70. The molecule has 114 valence electrons. The van der Waals surface area contributed by atoms with E-state index in [-0.39, 0.29) is 12.7 Å². The van der Waals surface area contributed by atoms with E-state index in [1.165, 1.54) is 5.56 Å². The molecule has 0 saturated carbocycles. The summed E-state index contributed by atoms with van der Waals surface area (Å²) in [6.07, 6.45) is 2.89. The normalized spacial score (nSPS) is 13.7. The topological polar surface area (TPSA) is 27.7 Å². The Morgan fingerprint density at radius 3 is 2.59 bits per heavy atom. The van der Waals surface area contributed by atoms with Gasteiger partial charge >= 0.3 is 0 Å². The Morgan fingerprint density at radius 1 is 1.18 bits per heavy atom. The molecule has 0 aliphatic carbocycles. The van der Waals surface area contributed by atoms with Gasteiger partial charge < -0.3 is 14.2 Å². The summed E-state index contributed by atoms with van der Waals surface area (Å²) in [5.74, 6) is 2.40. The second-order valence-corrected chi connectivity index (χ2v) is 5.22. The molecule has 3 rings (SSSR count). The molecule has 0 amide bonds. The average Bonchev–Trinajstić information content (AvgIpc) is 3.01. The highest BCUT2D eigenvalue weighted by Crippen LogP contribution is 2.42. The van der Waals surface area contributed by atoms with Gasteiger partial charge in [0.05, 0.1) is 6.61 Å². The van der Waals surface area contributed by atoms with E-state index in [1.54, 1.807) is 0 Å². The molecule has 0 unspecified atom stereocenters. The number of hydrogen-bond acceptors (Lipinski definition) is 3. The molecule has 0 spiro atoms. The minimum absolute atomic E-state index is 0.0579. The van der Waals surface area contributed by atoms with Crippen molar-refractivity contribution in [1.29, 1.82) is 0 Å². The third-order valence-corrected chi connectivity index (χ3v) is 3.70. The van der Waals surface area contributed by atoms with Gasteiger partial charge in [-0.1, -0.05) is 43.3 Å². The predicted octanol–water partition coefficient (Wildman–Crippen LogP) is 4.52. The van der Waals surface area contributed by atoms with Crippen molar-refractivity contribution in [3.8, 4) is 17.2 Å². The van der Waals surface area contributed by atoms with Gasteiger partial charge in [0.1, 0.15) is 5.75 Å². The zero-order valence-corrected chi connectivity index (χ0v) is 12.7. The molecule has 1 heterocycles. The summed E-state index contributed by atoms with van der Waals surface area (Å²) in [6.45, 7) is 7.03. The van der Waals surface area contributed by atoms with E-state index in [9.17, 15) is 0 Å². The molecule has 3 heteroatoms. The van der Waals surface area contributed by atoms with E-state index in [2.05, 4.69) is 25.6 Å². The minimum Gasteiger partial charge on any atom is -0.493 e. The molecule has 2 aromatic carbocycles. The largest absolute Gasteiger partial charge is 0.493 e. The summed E-state index contributed by atoms with van der Waals surface area (Å²) in [4.78, 5) is 0. The molecule has 1 atom stereocenters. The SMILES string of the molecule is C=C[C@@H](c1ccccc1)c1cc2c(cc1OCCC)OCO2. The van der Waals surface area contributed by atoms with Crippen molar-refractivity contribution in [3.63, 3.8) is 0 Å². The lowest BCUT2D eigenvalue weighted by molar-refractivity contribution is 0.173. The Morgan fingerprint density at radius 2 is 1.91 bits per heavy atom. The molecule has 2 aromatic rings. The molecule has 1 aliphatic rings. The van der Waals surface area contributed by atoms with Crippen LogP contribution in [0.2, 0.25) is 0 Å². The zero-order valence-electron chi connectivity index (χ0n) is 12.7. The summed E-state index contributed by atoms with van der Waals surface area (Å²) < 4.78 is 16.9. The van der Waals surface area contributed by atoms with Crippen LogP contribution in [0.15, 0.2) is 55.1 Å². The van der Waals surface area contributed by atoms with E-state index < -0.39 is 0 Å². The minimum atomic E-state index is 0.0579. The van der Waals surface area contributed by atoms with Crippen LogP contribution in [0.3, 0.4) is 0 Å². The Hall–Kier alpha value is -2.42. The lowest BCUT2D eigenvalue weighted by Crippen LogP contribution is -2.04. The maximum absolute atomic E-state index is 5.93. The van der Waals surface area contributed by atoms with Crippen LogP contribution in [0.4, 0.5) is 0 Å². The van der Waals surface area contributed by atoms with Crippen molar-refractivity contribution in [2.75, 3.05) is 13.4 Å². The zero-order chi connectivity index (χ0) is 15.4. The Bertz CT molecular complexity index is 649. The van der Waals surface area contributed by atoms with Crippen molar-refractivity contribution in [1.82, 2.24) is 0 Å². The summed E-state index contributed by atoms with van der Waals surface area (Å²) >= 11 is 0. The molecular weight excluding hydrogens is 276 g/mol. The van der Waals surface area contributed by atoms with Gasteiger partial charge in [-0.25, -0.2) is 0 Å². The number of hydrogen-bond donors (Lipinski definition) is 0. The van der Waals surface area contributed by atoms with Crippen molar-refractivity contribution in [2.24, 2.45) is 0 Å². The van der Waals surface area contributed by atoms with Gasteiger partial charge in [0.15, 0.2) is 11.5 Å². The Kier molecular flexibility index (Phi) is 4.33. The third kappa shape index (κ3) is 2.80. The summed E-state index contributed by atoms with van der Waals surface area (Å²) in [6, 6.07) is 14.2. The van der Waals surface area contributed by atoms with Gasteiger partial charge in [-0.15, -0.1) is 6.58 Å². The molecule has 22 heavy (non-hydrogen) atoms. The first-order valence-corrected chi connectivity index (χ1v) is 7.57. The van der Waals surface area contributed by atoms with Crippen molar-refractivity contribution in [2.45, 2.75) is 19.3 Å². The van der Waals surface area contributed by atoms with Crippen molar-refractivity contribution >= 4 is 0 Å². The van der Waals surface area contributed by atoms with E-state index in [1.807, 2.05) is 36.4 Å². The summed E-state index contributed by atoms with van der Waals surface area (Å²) in [5.41, 5.74) is 2.23. The van der Waals surface area contributed by atoms with Gasteiger partial charge in [0, 0.05) is 17.5 Å². The second-order valence-electron chi connectivity index (χ2n) is 5.22. The molecule has 0 aromatic heterocycles. The van der Waals surface area contributed by atoms with Gasteiger partial charge in [-0.2, -0.15) is 0 Å². The van der Waals surface area contributed by atoms with Gasteiger partial charge in [0.25, 0.3) is 0 Å². The fourth-order valence-electron chi connectivity index (χ4n) is 2.62. The molecule has 1 aliphatic heterocycles. The van der Waals surface area contributed by atoms with Crippen LogP contribution in [-0.2, 0) is 0 Å². The highest BCUT2D eigenvalue weighted by atomic mass is 16.7. The van der Waals surface area contributed by atoms with E-state index in [0.29, 0.717) is 6.61 Å². The van der Waals surface area contributed by atoms with Crippen LogP contribution in [0, 0.1) is 0 Å². The molecule has 0 bridgehead atoms. The first-order valence-electron chi connectivity index (χ1n) is 7.57. The van der Waals surface area contributed by atoms with Crippen LogP contribution >= 0.6 is 0 Å². The maximum Gasteiger partial charge on any atom is 0.231 e. The molecule has 0 N–H and O–H groups in total. The Labute approximate surface area is 131 Å². The van der Waals surface area contributed by atoms with Gasteiger partial charge in [-0.05, 0) is 18.1 Å². The highest BCUT2D eigenvalue weighted by molar-refractivity contribution is 5.55. The molecule has 0 saturated heterocycles. The van der Waals surface area contributed by atoms with E-state index in [4.69, 9.17) is 14.2 Å². The lowest BCUT2D eigenvalue weighted by Gasteiger charge is -2.19. The van der Waals surface area contributed by atoms with Crippen LogP contribution < -0.4 is 14.2 Å². The lowest BCUT2D eigenvalue weighted by atomic mass is 9.90. The van der Waals surface area contributed by atoms with Crippen molar-refractivity contribution in [3.05, 3.63) is 66.2 Å². The van der Waals surface area contributed by atoms with E-state index in [0.717, 1.165) is 29.2 Å². The highest BCUT2D eigenvalue weighted by Gasteiger charge is 2.22. The van der Waals surface area contributed by atoms with Crippen LogP contribution in [-0.4, -0.2) is 13.4 Å². The first kappa shape index (κ1) is 14.5. The molecule has 0 radical (unpaired) electrons. The fraction of sp³-hybridized carbons (Fsp3) is 0.263. The van der Waals surface area contributed by atoms with Crippen LogP contribution in [0.5, 0.6) is 17.2 Å². The molecule has 0 fully saturated rings. The number of fused-ring (bicyclic) bond motifs is 1. The Balaban J connectivity index is 2.05. The summed E-state index contributed by atoms with van der Waals surface area (Å²) in [5, 5.41) is 0. The number of benzene rings is 2. The number of allylic oxidation sites excluding steroid dienone is 1. The van der Waals surface area contributed by atoms with Crippen LogP contribution in [0.1, 0.15) is 30.4 Å². The van der Waals surface area contributed by atoms with Crippen molar-refractivity contribution < 1.29 is 14.2 Å². The number of ether oxygens (including phenoxy) is 3. The maximum atomic E-state index is 5.93. The number of rotatable bonds is 6. The molecular formula is C19H20O3. The quantitative estimate of drug-likeness (QED) is 0.733. The van der Waals surface area contributed by atoms with Gasteiger partial charge in [-0.3, -0.25) is 0 Å². The monoisotopic (exact) mass is 296 g/mol. The first-order chi connectivity index (χ1) is 10.8. The van der Waals surface area contributed by atoms with Gasteiger partial charge in [0.2, 0.25) is 6.79 Å². The molecule has 3 nitrogen and oxygen atoms in total. The van der Waals surface area contributed by atoms with Crippen LogP contribution in [0.25, 0.3) is 0 Å². The standard InChI is InChI=1S/C19H20O3/c1-3-10-20-17-12-19-18(21-13-22-19)11-16(17)15(4-2)14-8-6-5-7-9-14/h4-9,11-12,15H,2-3,10,13H2,1H3/t15-/m0/s1. The predicted molar refractivity (Wildman–Crippen MR) is 86.8 cm³/mol. The smallest absolute Gasteiger partial charge is 0.231 e. The second kappa shape index (κ2) is 6.56. The van der Waals surface area contributed by atoms with E-state index >= 15 is 0 Å². The fourth-order valence-corrected chi connectivity index (χ4v) is 2.62. The average molecular weight is 296 g/mol.